The van der Waals surface area contributed by atoms with Crippen molar-refractivity contribution in [2.75, 3.05) is 59.0 Å². The standard InChI is InChI=1S/C83H138N26O25/c1-6-42(4)65(107-78(129)61-38-48(114)40-109(61)81(132)64(91)41(2)3)79(130)102-55(25-32-88)73(124)104-58(36-44-12-16-46(112)17-13-44)76(127)101-57(27-35-110)74(125)105-59(39-62(90)115)77(128)96-50(11-9-34-94-83(92)93)68(119)100-56(26-33-89)75(126)108-66(43(5)111)80(131)103-54(24-31-87)72(123)95-49(10-7-8-28-84)67(118)98-53(23-30-86)71(122)99-52(22-29-85)70(121)97-51(20-21-63(116)117)69(120)106-60(82(133)134)37-45-14-18-47(113)19-15-45/h12-19,41-43,48-61,64-66,110-114H,6-11,20-40,84-89,91H2,1-5H3,(H2,90,115)(H,95,123)(H,96,128)(H,97,121)(H,98,118)(H,99,122)(H,100,119)(H,101,127)(H,102,130)(H,103,131)(H,104,124)(H,105,125)(H,106,120)(H,107,129)(H,108,126)(H,116,117)(H,133,134)(H4,92,93,94)/t42-,43+,48+,49-,50-,51-,52-,53-,54+,55-,56-,57-,58-,59-,60-,61-,64-,65-,66-/m0/s1. The Morgan fingerprint density at radius 1 is 0.433 bits per heavy atom. The molecule has 0 aliphatic carbocycles. The quantitative estimate of drug-likeness (QED) is 0.0166. The van der Waals surface area contributed by atoms with Gasteiger partial charge in [-0.3, -0.25) is 86.9 Å². The number of rotatable bonds is 63. The Labute approximate surface area is 774 Å². The summed E-state index contributed by atoms with van der Waals surface area (Å²) in [6.45, 7) is 5.25. The number of carbonyl (C=O) groups is 18. The molecular weight excluding hydrogens is 1760 g/mol. The number of likely N-dealkylation sites (tertiary alicyclic amines) is 1. The smallest absolute Gasteiger partial charge is 0.326 e. The van der Waals surface area contributed by atoms with Crippen molar-refractivity contribution < 1.29 is 122 Å². The molecule has 0 aromatic heterocycles. The first-order valence-electron chi connectivity index (χ1n) is 44.2. The SMILES string of the molecule is CC[C@H](C)[C@H](NC(=O)[C@@H]1C[C@@H](O)CN1C(=O)[C@@H](N)C(C)C)C(=O)N[C@@H](CCN)C(=O)N[C@@H](Cc1ccc(O)cc1)C(=O)N[C@@H](CCO)C(=O)N[C@@H](CC(N)=O)C(=O)N[C@@H](CCCNC(=N)N)C(=O)N[C@@H](CCN)C(=O)N[C@H](C(=O)N[C@H](CCN)C(=O)N[C@@H](CCCCN)C(=O)N[C@@H](CCN)C(=O)N[C@@H](CCN)C(=O)N[C@@H](CCC(=O)O)C(=O)N[C@@H](Cc1ccc(O)cc1)C(=O)O)[C@@H](C)O. The predicted octanol–water partition coefficient (Wildman–Crippen LogP) is -11.6. The summed E-state index contributed by atoms with van der Waals surface area (Å²) in [5.41, 5.74) is 53.2. The van der Waals surface area contributed by atoms with Crippen LogP contribution in [0.25, 0.3) is 0 Å². The highest BCUT2D eigenvalue weighted by Gasteiger charge is 2.45. The maximum Gasteiger partial charge on any atom is 0.326 e. The van der Waals surface area contributed by atoms with Gasteiger partial charge < -0.3 is 172 Å². The molecule has 1 saturated heterocycles. The van der Waals surface area contributed by atoms with Gasteiger partial charge in [-0.15, -0.1) is 0 Å². The van der Waals surface area contributed by atoms with Crippen LogP contribution in [0.1, 0.15) is 148 Å². The number of carbonyl (C=O) groups excluding carboxylic acids is 16. The second kappa shape index (κ2) is 59.8. The van der Waals surface area contributed by atoms with Crippen molar-refractivity contribution in [1.82, 2.24) is 84.7 Å². The van der Waals surface area contributed by atoms with Crippen molar-refractivity contribution in [3.05, 3.63) is 59.7 Å². The fourth-order valence-electron chi connectivity index (χ4n) is 13.9. The Hall–Kier alpha value is -12.6. The van der Waals surface area contributed by atoms with Gasteiger partial charge in [0.25, 0.3) is 0 Å². The monoisotopic (exact) mass is 1900 g/mol. The number of aliphatic carboxylic acids is 2. The Kier molecular flexibility index (Phi) is 51.6. The third-order valence-corrected chi connectivity index (χ3v) is 21.7. The van der Waals surface area contributed by atoms with E-state index in [1.165, 1.54) is 48.5 Å². The lowest BCUT2D eigenvalue weighted by atomic mass is 9.96. The van der Waals surface area contributed by atoms with Gasteiger partial charge in [-0.05, 0) is 170 Å². The summed E-state index contributed by atoms with van der Waals surface area (Å²) in [5, 5.41) is 116. The number of benzene rings is 2. The molecule has 16 amide bonds. The zero-order valence-electron chi connectivity index (χ0n) is 75.9. The molecule has 41 N–H and O–H groups in total. The van der Waals surface area contributed by atoms with Crippen LogP contribution < -0.4 is 131 Å². The van der Waals surface area contributed by atoms with E-state index in [4.69, 9.17) is 57.0 Å². The van der Waals surface area contributed by atoms with E-state index >= 15 is 0 Å². The Bertz CT molecular complexity index is 4250. The lowest BCUT2D eigenvalue weighted by molar-refractivity contribution is -0.143. The van der Waals surface area contributed by atoms with Crippen LogP contribution in [0.5, 0.6) is 11.5 Å². The van der Waals surface area contributed by atoms with E-state index < -0.39 is 272 Å². The van der Waals surface area contributed by atoms with Gasteiger partial charge in [-0.2, -0.15) is 0 Å². The summed E-state index contributed by atoms with van der Waals surface area (Å²) in [6, 6.07) is -15.2. The molecule has 0 unspecified atom stereocenters. The third-order valence-electron chi connectivity index (χ3n) is 21.7. The predicted molar refractivity (Wildman–Crippen MR) is 481 cm³/mol. The molecule has 1 heterocycles. The van der Waals surface area contributed by atoms with Crippen LogP contribution >= 0.6 is 0 Å². The number of amides is 16. The van der Waals surface area contributed by atoms with Crippen LogP contribution in [0.3, 0.4) is 0 Å². The first-order valence-corrected chi connectivity index (χ1v) is 44.2. The first-order chi connectivity index (χ1) is 63.3. The number of nitrogens with zero attached hydrogens (tertiary/aromatic N) is 1. The topological polar surface area (TPSA) is 891 Å². The summed E-state index contributed by atoms with van der Waals surface area (Å²) in [7, 11) is 0. The molecule has 19 atom stereocenters. The Morgan fingerprint density at radius 2 is 0.776 bits per heavy atom. The maximum atomic E-state index is 14.6. The van der Waals surface area contributed by atoms with Crippen LogP contribution in [0.15, 0.2) is 48.5 Å². The summed E-state index contributed by atoms with van der Waals surface area (Å²) >= 11 is 0. The van der Waals surface area contributed by atoms with Crippen molar-refractivity contribution in [2.24, 2.45) is 63.4 Å². The number of aliphatic hydroxyl groups excluding tert-OH is 3. The van der Waals surface area contributed by atoms with Crippen molar-refractivity contribution in [3.8, 4) is 11.5 Å². The molecule has 1 aliphatic rings. The second-order valence-corrected chi connectivity index (χ2v) is 32.8. The molecule has 51 heteroatoms. The molecule has 134 heavy (non-hydrogen) atoms. The van der Waals surface area contributed by atoms with E-state index in [0.29, 0.717) is 17.5 Å². The molecule has 0 bridgehead atoms. The Balaban J connectivity index is 1.92. The van der Waals surface area contributed by atoms with Crippen LogP contribution in [-0.4, -0.2) is 321 Å². The maximum absolute atomic E-state index is 14.6. The highest BCUT2D eigenvalue weighted by molar-refractivity contribution is 6.02. The summed E-state index contributed by atoms with van der Waals surface area (Å²) in [6.07, 6.45) is -8.31. The molecule has 1 aliphatic heterocycles. The number of hydrogen-bond donors (Lipinski definition) is 32. The number of primary amides is 1. The number of hydrogen-bond acceptors (Lipinski definition) is 31. The van der Waals surface area contributed by atoms with Crippen molar-refractivity contribution in [2.45, 2.75) is 259 Å². The normalized spacial score (nSPS) is 16.7. The highest BCUT2D eigenvalue weighted by Crippen LogP contribution is 2.23. The molecule has 2 aromatic carbocycles. The van der Waals surface area contributed by atoms with Gasteiger partial charge in [-0.1, -0.05) is 58.4 Å². The number of nitrogens with two attached hydrogens (primary N) is 9. The molecule has 51 nitrogen and oxygen atoms in total. The summed E-state index contributed by atoms with van der Waals surface area (Å²) in [5.74, 6) is -21.9. The summed E-state index contributed by atoms with van der Waals surface area (Å²) in [4.78, 5) is 251. The van der Waals surface area contributed by atoms with Crippen molar-refractivity contribution in [3.63, 3.8) is 0 Å². The fraction of sp³-hybridized carbons (Fsp3) is 0.627. The van der Waals surface area contributed by atoms with E-state index in [9.17, 15) is 122 Å². The fourth-order valence-corrected chi connectivity index (χ4v) is 13.9. The minimum Gasteiger partial charge on any atom is -0.508 e. The largest absolute Gasteiger partial charge is 0.508 e. The third kappa shape index (κ3) is 40.0. The summed E-state index contributed by atoms with van der Waals surface area (Å²) < 4.78 is 0. The van der Waals surface area contributed by atoms with Gasteiger partial charge in [0.05, 0.1) is 24.7 Å². The van der Waals surface area contributed by atoms with Crippen molar-refractivity contribution in [1.29, 1.82) is 5.41 Å². The van der Waals surface area contributed by atoms with E-state index in [2.05, 4.69) is 79.8 Å². The first kappa shape index (κ1) is 116. The van der Waals surface area contributed by atoms with E-state index in [1.54, 1.807) is 27.7 Å². The number of aromatic hydroxyl groups is 2. The van der Waals surface area contributed by atoms with Gasteiger partial charge in [0.2, 0.25) is 94.5 Å². The lowest BCUT2D eigenvalue weighted by Crippen LogP contribution is -2.62. The molecule has 3 rings (SSSR count). The second-order valence-electron chi connectivity index (χ2n) is 32.8. The number of β-amino-alcohol motifs (C(OH)–C–C–N with tert-alkyl or cyclic N) is 1. The molecule has 0 saturated carbocycles. The average Bonchev–Trinajstić information content (AvgIpc) is 1.46. The number of nitrogens with one attached hydrogen (secondary N) is 16. The zero-order valence-corrected chi connectivity index (χ0v) is 75.9. The molecule has 0 spiro atoms. The number of phenolic OH excluding ortho intramolecular Hbond substituents is 2. The zero-order chi connectivity index (χ0) is 101. The van der Waals surface area contributed by atoms with Gasteiger partial charge >= 0.3 is 11.9 Å². The van der Waals surface area contributed by atoms with E-state index in [0.717, 1.165) is 11.8 Å². The van der Waals surface area contributed by atoms with Crippen LogP contribution in [0, 0.1) is 17.2 Å². The van der Waals surface area contributed by atoms with Gasteiger partial charge in [0.1, 0.15) is 102 Å². The number of carboxylic acids is 2. The number of carboxylic acid groups (broad SMARTS) is 2. The Morgan fingerprint density at radius 3 is 1.14 bits per heavy atom. The lowest BCUT2D eigenvalue weighted by Gasteiger charge is -2.31. The van der Waals surface area contributed by atoms with Gasteiger partial charge in [0.15, 0.2) is 5.96 Å². The van der Waals surface area contributed by atoms with Crippen molar-refractivity contribution >= 4 is 112 Å². The highest BCUT2D eigenvalue weighted by atomic mass is 16.4. The van der Waals surface area contributed by atoms with Crippen LogP contribution in [-0.2, 0) is 99.1 Å². The molecule has 2 aromatic rings. The molecule has 750 valence electrons. The minimum absolute atomic E-state index is 0.100. The molecule has 1 fully saturated rings. The minimum atomic E-state index is -2.02. The van der Waals surface area contributed by atoms with Gasteiger partial charge in [-0.25, -0.2) is 4.79 Å². The molecule has 0 radical (unpaired) electrons. The van der Waals surface area contributed by atoms with Crippen LogP contribution in [0.2, 0.25) is 0 Å². The number of aliphatic hydroxyl groups is 3. The number of guanidine groups is 1. The number of unbranched alkanes of at least 4 members (excludes halogenated alkanes) is 1. The number of phenols is 2. The van der Waals surface area contributed by atoms with Crippen LogP contribution in [0.4, 0.5) is 0 Å². The van der Waals surface area contributed by atoms with E-state index in [-0.39, 0.29) is 140 Å². The average molecular weight is 1900 g/mol. The van der Waals surface area contributed by atoms with Gasteiger partial charge in [0, 0.05) is 45.4 Å². The van der Waals surface area contributed by atoms with E-state index in [1.807, 2.05) is 0 Å². The molecular formula is C83H138N26O25.